The van der Waals surface area contributed by atoms with Gasteiger partial charge in [0, 0.05) is 5.69 Å². The quantitative estimate of drug-likeness (QED) is 0.784. The third-order valence-electron chi connectivity index (χ3n) is 3.91. The first-order valence-electron chi connectivity index (χ1n) is 8.23. The smallest absolute Gasteiger partial charge is 0.344 e. The van der Waals surface area contributed by atoms with Crippen LogP contribution in [0.25, 0.3) is 0 Å². The minimum Gasteiger partial charge on any atom is -0.482 e. The third-order valence-corrected chi connectivity index (χ3v) is 3.91. The van der Waals surface area contributed by atoms with Crippen LogP contribution in [0.2, 0.25) is 0 Å². The Hall–Kier alpha value is -2.82. The maximum absolute atomic E-state index is 11.8. The zero-order valence-electron chi connectivity index (χ0n) is 14.8. The molecule has 5 nitrogen and oxygen atoms in total. The average molecular weight is 341 g/mol. The molecule has 2 aromatic rings. The molecule has 0 radical (unpaired) electrons. The predicted octanol–water partition coefficient (Wildman–Crippen LogP) is 3.43. The van der Waals surface area contributed by atoms with Gasteiger partial charge in [-0.2, -0.15) is 0 Å². The Kier molecular flexibility index (Phi) is 6.57. The molecule has 5 heteroatoms. The molecular weight excluding hydrogens is 318 g/mol. The van der Waals surface area contributed by atoms with E-state index in [1.807, 2.05) is 50.2 Å². The number of aryl methyl sites for hydroxylation is 2. The van der Waals surface area contributed by atoms with Gasteiger partial charge in [-0.05, 0) is 55.2 Å². The van der Waals surface area contributed by atoms with Crippen molar-refractivity contribution in [2.45, 2.75) is 27.2 Å². The summed E-state index contributed by atoms with van der Waals surface area (Å²) in [5, 5.41) is 2.68. The van der Waals surface area contributed by atoms with Crippen molar-refractivity contribution in [2.24, 2.45) is 0 Å². The van der Waals surface area contributed by atoms with E-state index in [-0.39, 0.29) is 19.1 Å². The monoisotopic (exact) mass is 341 g/mol. The number of ether oxygens (including phenoxy) is 2. The van der Waals surface area contributed by atoms with Crippen molar-refractivity contribution in [1.29, 1.82) is 0 Å². The number of carbonyl (C=O) groups is 2. The van der Waals surface area contributed by atoms with Gasteiger partial charge in [0.15, 0.2) is 13.2 Å². The summed E-state index contributed by atoms with van der Waals surface area (Å²) in [5.74, 6) is -0.334. The van der Waals surface area contributed by atoms with Crippen LogP contribution in [0.5, 0.6) is 5.75 Å². The van der Waals surface area contributed by atoms with Gasteiger partial charge in [0.1, 0.15) is 5.75 Å². The van der Waals surface area contributed by atoms with Gasteiger partial charge in [-0.1, -0.05) is 31.2 Å². The van der Waals surface area contributed by atoms with Gasteiger partial charge >= 0.3 is 5.97 Å². The maximum Gasteiger partial charge on any atom is 0.344 e. The van der Waals surface area contributed by atoms with Gasteiger partial charge in [0.25, 0.3) is 5.91 Å². The van der Waals surface area contributed by atoms with Crippen molar-refractivity contribution >= 4 is 17.6 Å². The van der Waals surface area contributed by atoms with Crippen LogP contribution in [-0.4, -0.2) is 25.1 Å². The highest BCUT2D eigenvalue weighted by atomic mass is 16.6. The molecule has 0 aromatic heterocycles. The molecule has 0 aliphatic carbocycles. The first-order chi connectivity index (χ1) is 12.0. The van der Waals surface area contributed by atoms with Crippen LogP contribution in [-0.2, 0) is 20.7 Å². The van der Waals surface area contributed by atoms with E-state index in [0.717, 1.165) is 17.5 Å². The number of rotatable bonds is 7. The molecule has 1 amide bonds. The Balaban J connectivity index is 1.75. The fourth-order valence-electron chi connectivity index (χ4n) is 2.23. The number of anilines is 1. The lowest BCUT2D eigenvalue weighted by molar-refractivity contribution is -0.149. The number of hydrogen-bond acceptors (Lipinski definition) is 4. The summed E-state index contributed by atoms with van der Waals surface area (Å²) in [7, 11) is 0. The third kappa shape index (κ3) is 5.64. The number of esters is 1. The zero-order chi connectivity index (χ0) is 18.2. The lowest BCUT2D eigenvalue weighted by Crippen LogP contribution is -2.23. The minimum absolute atomic E-state index is 0.233. The molecule has 0 saturated heterocycles. The highest BCUT2D eigenvalue weighted by Gasteiger charge is 2.10. The molecule has 0 atom stereocenters. The van der Waals surface area contributed by atoms with Crippen molar-refractivity contribution in [2.75, 3.05) is 18.5 Å². The van der Waals surface area contributed by atoms with Crippen LogP contribution in [0.3, 0.4) is 0 Å². The number of carbonyl (C=O) groups excluding carboxylic acids is 2. The Bertz CT molecular complexity index is 738. The van der Waals surface area contributed by atoms with Gasteiger partial charge in [0.05, 0.1) is 0 Å². The molecule has 0 unspecified atom stereocenters. The zero-order valence-corrected chi connectivity index (χ0v) is 14.8. The van der Waals surface area contributed by atoms with E-state index in [1.165, 1.54) is 5.56 Å². The van der Waals surface area contributed by atoms with E-state index in [2.05, 4.69) is 12.2 Å². The summed E-state index contributed by atoms with van der Waals surface area (Å²) in [5.41, 5.74) is 3.92. The lowest BCUT2D eigenvalue weighted by Gasteiger charge is -2.11. The molecule has 2 rings (SSSR count). The largest absolute Gasteiger partial charge is 0.482 e. The number of nitrogens with one attached hydrogen (secondary N) is 1. The Morgan fingerprint density at radius 3 is 2.40 bits per heavy atom. The van der Waals surface area contributed by atoms with Crippen LogP contribution in [0.4, 0.5) is 5.69 Å². The molecule has 1 N–H and O–H groups in total. The van der Waals surface area contributed by atoms with Gasteiger partial charge in [-0.25, -0.2) is 4.79 Å². The molecule has 2 aromatic carbocycles. The SMILES string of the molecule is CCc1ccc(NC(=O)COC(=O)COc2cccc(C)c2C)cc1. The topological polar surface area (TPSA) is 64.6 Å². The van der Waals surface area contributed by atoms with Crippen LogP contribution < -0.4 is 10.1 Å². The molecule has 0 spiro atoms. The van der Waals surface area contributed by atoms with E-state index in [1.54, 1.807) is 6.07 Å². The van der Waals surface area contributed by atoms with E-state index in [9.17, 15) is 9.59 Å². The van der Waals surface area contributed by atoms with Gasteiger partial charge in [-0.3, -0.25) is 4.79 Å². The molecule has 0 heterocycles. The van der Waals surface area contributed by atoms with Gasteiger partial charge < -0.3 is 14.8 Å². The summed E-state index contributed by atoms with van der Waals surface area (Å²) in [6, 6.07) is 13.2. The van der Waals surface area contributed by atoms with Crippen molar-refractivity contribution in [1.82, 2.24) is 0 Å². The second-order valence-electron chi connectivity index (χ2n) is 5.75. The highest BCUT2D eigenvalue weighted by Crippen LogP contribution is 2.20. The Morgan fingerprint density at radius 1 is 1.00 bits per heavy atom. The van der Waals surface area contributed by atoms with Crippen molar-refractivity contribution in [3.63, 3.8) is 0 Å². The first kappa shape index (κ1) is 18.5. The van der Waals surface area contributed by atoms with E-state index in [4.69, 9.17) is 9.47 Å². The summed E-state index contributed by atoms with van der Waals surface area (Å²) >= 11 is 0. The Labute approximate surface area is 148 Å². The maximum atomic E-state index is 11.8. The fourth-order valence-corrected chi connectivity index (χ4v) is 2.23. The van der Waals surface area contributed by atoms with Crippen LogP contribution >= 0.6 is 0 Å². The minimum atomic E-state index is -0.586. The number of benzene rings is 2. The van der Waals surface area contributed by atoms with Crippen molar-refractivity contribution < 1.29 is 19.1 Å². The summed E-state index contributed by atoms with van der Waals surface area (Å²) in [4.78, 5) is 23.5. The summed E-state index contributed by atoms with van der Waals surface area (Å²) in [6.07, 6.45) is 0.937. The normalized spacial score (nSPS) is 10.2. The van der Waals surface area contributed by atoms with Crippen LogP contribution in [0.1, 0.15) is 23.6 Å². The van der Waals surface area contributed by atoms with E-state index >= 15 is 0 Å². The fraction of sp³-hybridized carbons (Fsp3) is 0.300. The van der Waals surface area contributed by atoms with E-state index in [0.29, 0.717) is 11.4 Å². The average Bonchev–Trinajstić information content (AvgIpc) is 2.62. The molecule has 0 saturated carbocycles. The van der Waals surface area contributed by atoms with E-state index < -0.39 is 5.97 Å². The van der Waals surface area contributed by atoms with Crippen molar-refractivity contribution in [3.8, 4) is 5.75 Å². The molecule has 132 valence electrons. The van der Waals surface area contributed by atoms with Crippen molar-refractivity contribution in [3.05, 3.63) is 59.2 Å². The lowest BCUT2D eigenvalue weighted by atomic mass is 10.1. The standard InChI is InChI=1S/C20H23NO4/c1-4-16-8-10-17(11-9-16)21-19(22)12-25-20(23)13-24-18-7-5-6-14(2)15(18)3/h5-11H,4,12-13H2,1-3H3,(H,21,22). The predicted molar refractivity (Wildman–Crippen MR) is 96.8 cm³/mol. The molecular formula is C20H23NO4. The van der Waals surface area contributed by atoms with Crippen LogP contribution in [0, 0.1) is 13.8 Å². The van der Waals surface area contributed by atoms with Gasteiger partial charge in [-0.15, -0.1) is 0 Å². The summed E-state index contributed by atoms with van der Waals surface area (Å²) in [6.45, 7) is 5.38. The number of amides is 1. The van der Waals surface area contributed by atoms with Crippen LogP contribution in [0.15, 0.2) is 42.5 Å². The second kappa shape index (κ2) is 8.87. The number of hydrogen-bond donors (Lipinski definition) is 1. The molecule has 0 fully saturated rings. The molecule has 0 aliphatic rings. The highest BCUT2D eigenvalue weighted by molar-refractivity contribution is 5.92. The first-order valence-corrected chi connectivity index (χ1v) is 8.23. The molecule has 0 bridgehead atoms. The Morgan fingerprint density at radius 2 is 1.72 bits per heavy atom. The van der Waals surface area contributed by atoms with Gasteiger partial charge in [0.2, 0.25) is 0 Å². The summed E-state index contributed by atoms with van der Waals surface area (Å²) < 4.78 is 10.4. The molecule has 25 heavy (non-hydrogen) atoms. The molecule has 0 aliphatic heterocycles. The second-order valence-corrected chi connectivity index (χ2v) is 5.75.